The Kier molecular flexibility index (Phi) is 4.64. The van der Waals surface area contributed by atoms with Crippen molar-refractivity contribution in [2.24, 2.45) is 0 Å². The van der Waals surface area contributed by atoms with Crippen LogP contribution in [0.25, 0.3) is 0 Å². The summed E-state index contributed by atoms with van der Waals surface area (Å²) in [5, 5.41) is 28.6. The van der Waals surface area contributed by atoms with Crippen molar-refractivity contribution in [2.75, 3.05) is 0 Å². The first kappa shape index (κ1) is 15.4. The summed E-state index contributed by atoms with van der Waals surface area (Å²) >= 11 is 0. The van der Waals surface area contributed by atoms with E-state index in [-0.39, 0.29) is 6.29 Å². The van der Waals surface area contributed by atoms with Gasteiger partial charge in [-0.05, 0) is 6.07 Å². The van der Waals surface area contributed by atoms with Crippen LogP contribution in [0, 0.1) is 10.1 Å². The average Bonchev–Trinajstić information content (AvgIpc) is 2.36. The Morgan fingerprint density at radius 3 is 2.45 bits per heavy atom. The monoisotopic (exact) mass is 291 g/mol. The van der Waals surface area contributed by atoms with Gasteiger partial charge in [-0.1, -0.05) is 0 Å². The van der Waals surface area contributed by atoms with Crippen molar-refractivity contribution in [1.82, 2.24) is 0 Å². The van der Waals surface area contributed by atoms with Gasteiger partial charge in [-0.25, -0.2) is 4.79 Å². The Morgan fingerprint density at radius 2 is 2.05 bits per heavy atom. The van der Waals surface area contributed by atoms with E-state index in [1.807, 2.05) is 0 Å². The van der Waals surface area contributed by atoms with Gasteiger partial charge in [0.2, 0.25) is 5.75 Å². The molecule has 1 rings (SSSR count). The quantitative estimate of drug-likeness (QED) is 0.456. The molecule has 0 fully saturated rings. The smallest absolute Gasteiger partial charge is 0.387 e. The maximum Gasteiger partial charge on any atom is 0.387 e. The minimum Gasteiger partial charge on any atom is -0.479 e. The largest absolute Gasteiger partial charge is 0.479 e. The van der Waals surface area contributed by atoms with E-state index >= 15 is 0 Å². The molecule has 10 heteroatoms. The van der Waals surface area contributed by atoms with Crippen LogP contribution in [-0.4, -0.2) is 34.0 Å². The average molecular weight is 291 g/mol. The number of benzene rings is 1. The Hall–Kier alpha value is -2.62. The number of carboxylic acid groups (broad SMARTS) is 1. The number of nitrogens with zero attached hydrogens (tertiary/aromatic N) is 1. The molecule has 1 atom stereocenters. The predicted octanol–water partition coefficient (Wildman–Crippen LogP) is 1.13. The number of ether oxygens (including phenoxy) is 1. The molecule has 0 heterocycles. The van der Waals surface area contributed by atoms with Crippen molar-refractivity contribution < 1.29 is 38.2 Å². The second-order valence-electron chi connectivity index (χ2n) is 3.44. The minimum atomic E-state index is -3.37. The van der Waals surface area contributed by atoms with E-state index in [0.29, 0.717) is 12.1 Å². The van der Waals surface area contributed by atoms with Crippen LogP contribution >= 0.6 is 0 Å². The summed E-state index contributed by atoms with van der Waals surface area (Å²) in [6, 6.07) is 1.07. The number of halogens is 2. The highest BCUT2D eigenvalue weighted by Crippen LogP contribution is 2.33. The molecule has 0 saturated carbocycles. The molecule has 0 bridgehead atoms. The van der Waals surface area contributed by atoms with Crippen LogP contribution in [0.5, 0.6) is 5.75 Å². The number of aliphatic carboxylic acids is 1. The highest BCUT2D eigenvalue weighted by atomic mass is 19.3. The van der Waals surface area contributed by atoms with Gasteiger partial charge in [-0.2, -0.15) is 8.78 Å². The third-order valence-corrected chi connectivity index (χ3v) is 2.23. The van der Waals surface area contributed by atoms with Crippen molar-refractivity contribution in [3.63, 3.8) is 0 Å². The Balaban J connectivity index is 3.48. The number of aliphatic hydroxyl groups excluding tert-OH is 1. The summed E-state index contributed by atoms with van der Waals surface area (Å²) in [6.45, 7) is -3.37. The first-order chi connectivity index (χ1) is 9.27. The fourth-order valence-corrected chi connectivity index (χ4v) is 1.41. The van der Waals surface area contributed by atoms with Gasteiger partial charge in [-0.15, -0.1) is 0 Å². The number of carboxylic acids is 1. The second kappa shape index (κ2) is 6.02. The van der Waals surface area contributed by atoms with Crippen LogP contribution in [0.15, 0.2) is 12.1 Å². The maximum absolute atomic E-state index is 12.1. The zero-order chi connectivity index (χ0) is 15.4. The van der Waals surface area contributed by atoms with Crippen molar-refractivity contribution in [1.29, 1.82) is 0 Å². The molecular weight excluding hydrogens is 284 g/mol. The lowest BCUT2D eigenvalue weighted by atomic mass is 10.0. The van der Waals surface area contributed by atoms with Gasteiger partial charge >= 0.3 is 18.3 Å². The number of carbonyl (C=O) groups is 2. The summed E-state index contributed by atoms with van der Waals surface area (Å²) in [4.78, 5) is 31.0. The number of alkyl halides is 2. The summed E-state index contributed by atoms with van der Waals surface area (Å²) in [5.41, 5.74) is -2.10. The molecule has 0 spiro atoms. The van der Waals surface area contributed by atoms with E-state index < -0.39 is 46.2 Å². The molecule has 0 aliphatic rings. The first-order valence-electron chi connectivity index (χ1n) is 4.91. The van der Waals surface area contributed by atoms with Crippen LogP contribution < -0.4 is 4.74 Å². The number of hydrogen-bond donors (Lipinski definition) is 2. The first-order valence-corrected chi connectivity index (χ1v) is 4.91. The lowest BCUT2D eigenvalue weighted by molar-refractivity contribution is -0.386. The van der Waals surface area contributed by atoms with Gasteiger partial charge in [0, 0.05) is 17.2 Å². The number of aliphatic hydroxyl groups is 1. The van der Waals surface area contributed by atoms with E-state index in [1.54, 1.807) is 0 Å². The number of hydrogen-bond acceptors (Lipinski definition) is 6. The maximum atomic E-state index is 12.1. The molecule has 20 heavy (non-hydrogen) atoms. The van der Waals surface area contributed by atoms with Crippen molar-refractivity contribution in [3.05, 3.63) is 33.4 Å². The van der Waals surface area contributed by atoms with Gasteiger partial charge in [0.15, 0.2) is 12.4 Å². The Morgan fingerprint density at radius 1 is 1.45 bits per heavy atom. The van der Waals surface area contributed by atoms with E-state index in [9.17, 15) is 33.6 Å². The van der Waals surface area contributed by atoms with Crippen molar-refractivity contribution in [2.45, 2.75) is 12.7 Å². The highest BCUT2D eigenvalue weighted by Gasteiger charge is 2.27. The van der Waals surface area contributed by atoms with Crippen LogP contribution in [0.1, 0.15) is 22.0 Å². The SMILES string of the molecule is O=Cc1cc(OC(F)F)c([N+](=O)[O-])cc1C(O)C(=O)O. The van der Waals surface area contributed by atoms with E-state index in [1.165, 1.54) is 0 Å². The van der Waals surface area contributed by atoms with E-state index in [4.69, 9.17) is 5.11 Å². The number of nitro benzene ring substituents is 1. The van der Waals surface area contributed by atoms with Gasteiger partial charge < -0.3 is 14.9 Å². The lowest BCUT2D eigenvalue weighted by Gasteiger charge is -2.11. The fourth-order valence-electron chi connectivity index (χ4n) is 1.41. The molecule has 1 unspecified atom stereocenters. The predicted molar refractivity (Wildman–Crippen MR) is 57.7 cm³/mol. The topological polar surface area (TPSA) is 127 Å². The van der Waals surface area contributed by atoms with E-state index in [2.05, 4.69) is 4.74 Å². The summed E-state index contributed by atoms with van der Waals surface area (Å²) < 4.78 is 28.1. The van der Waals surface area contributed by atoms with Crippen LogP contribution in [-0.2, 0) is 4.79 Å². The molecule has 8 nitrogen and oxygen atoms in total. The van der Waals surface area contributed by atoms with Gasteiger partial charge in [0.05, 0.1) is 4.92 Å². The molecule has 0 saturated heterocycles. The molecule has 0 amide bonds. The number of aldehydes is 1. The second-order valence-corrected chi connectivity index (χ2v) is 3.44. The molecule has 0 aliphatic carbocycles. The van der Waals surface area contributed by atoms with Gasteiger partial charge in [-0.3, -0.25) is 14.9 Å². The van der Waals surface area contributed by atoms with Crippen LogP contribution in [0.2, 0.25) is 0 Å². The number of rotatable bonds is 6. The van der Waals surface area contributed by atoms with Crippen LogP contribution in [0.3, 0.4) is 0 Å². The molecule has 108 valence electrons. The molecule has 0 radical (unpaired) electrons. The third-order valence-electron chi connectivity index (χ3n) is 2.23. The molecule has 1 aromatic carbocycles. The van der Waals surface area contributed by atoms with Crippen molar-refractivity contribution >= 4 is 17.9 Å². The Bertz CT molecular complexity index is 561. The molecule has 0 aromatic heterocycles. The molecule has 2 N–H and O–H groups in total. The van der Waals surface area contributed by atoms with Crippen molar-refractivity contribution in [3.8, 4) is 5.75 Å². The third kappa shape index (κ3) is 3.23. The Labute approximate surface area is 109 Å². The van der Waals surface area contributed by atoms with E-state index in [0.717, 1.165) is 0 Å². The molecule has 1 aromatic rings. The fraction of sp³-hybridized carbons (Fsp3) is 0.200. The number of carbonyl (C=O) groups excluding carboxylic acids is 1. The zero-order valence-electron chi connectivity index (χ0n) is 9.53. The highest BCUT2D eigenvalue weighted by molar-refractivity contribution is 5.85. The summed E-state index contributed by atoms with van der Waals surface area (Å²) in [5.74, 6) is -2.67. The van der Waals surface area contributed by atoms with Gasteiger partial charge in [0.25, 0.3) is 0 Å². The standard InChI is InChI=1S/C10H7F2NO7/c11-10(12)20-7-1-4(3-14)5(8(15)9(16)17)2-6(7)13(18)19/h1-3,8,10,15H,(H,16,17). The zero-order valence-corrected chi connectivity index (χ0v) is 9.53. The summed E-state index contributed by atoms with van der Waals surface area (Å²) in [7, 11) is 0. The normalized spacial score (nSPS) is 12.0. The minimum absolute atomic E-state index is 0.0591. The van der Waals surface area contributed by atoms with Gasteiger partial charge in [0.1, 0.15) is 0 Å². The molecule has 0 aliphatic heterocycles. The number of nitro groups is 1. The lowest BCUT2D eigenvalue weighted by Crippen LogP contribution is -2.14. The van der Waals surface area contributed by atoms with Crippen LogP contribution in [0.4, 0.5) is 14.5 Å². The summed E-state index contributed by atoms with van der Waals surface area (Å²) in [6.07, 6.45) is -2.15. The molecular formula is C10H7F2NO7.